The summed E-state index contributed by atoms with van der Waals surface area (Å²) in [7, 11) is 0. The molecule has 3 heterocycles. The second-order valence-corrected chi connectivity index (χ2v) is 5.63. The Bertz CT molecular complexity index is 623. The van der Waals surface area contributed by atoms with Gasteiger partial charge in [-0.15, -0.1) is 0 Å². The van der Waals surface area contributed by atoms with Gasteiger partial charge in [0.1, 0.15) is 11.5 Å². The zero-order chi connectivity index (χ0) is 12.8. The van der Waals surface area contributed by atoms with Gasteiger partial charge >= 0.3 is 0 Å². The summed E-state index contributed by atoms with van der Waals surface area (Å²) in [5.41, 5.74) is 1.18. The van der Waals surface area contributed by atoms with E-state index in [0.717, 1.165) is 42.7 Å². The average Bonchev–Trinajstić information content (AvgIpc) is 3.10. The third kappa shape index (κ3) is 1.72. The first-order valence-corrected chi connectivity index (χ1v) is 6.90. The van der Waals surface area contributed by atoms with Crippen LogP contribution in [0.25, 0.3) is 5.65 Å². The molecule has 1 saturated carbocycles. The van der Waals surface area contributed by atoms with Gasteiger partial charge < -0.3 is 4.90 Å². The van der Waals surface area contributed by atoms with Gasteiger partial charge in [-0.05, 0) is 30.7 Å². The van der Waals surface area contributed by atoms with Crippen LogP contribution in [-0.4, -0.2) is 34.0 Å². The quantitative estimate of drug-likeness (QED) is 0.768. The van der Waals surface area contributed by atoms with Gasteiger partial charge in [0.25, 0.3) is 0 Å². The van der Waals surface area contributed by atoms with Crippen molar-refractivity contribution in [2.45, 2.75) is 19.3 Å². The molecule has 2 fully saturated rings. The third-order valence-electron chi connectivity index (χ3n) is 4.50. The van der Waals surface area contributed by atoms with Crippen molar-refractivity contribution in [1.82, 2.24) is 14.6 Å². The number of rotatable bonds is 2. The topological polar surface area (TPSA) is 50.5 Å². The fourth-order valence-electron chi connectivity index (χ4n) is 3.54. The molecule has 19 heavy (non-hydrogen) atoms. The highest BCUT2D eigenvalue weighted by atomic mass is 16.1. The number of fused-ring (bicyclic) bond motifs is 2. The third-order valence-corrected chi connectivity index (χ3v) is 4.50. The van der Waals surface area contributed by atoms with E-state index >= 15 is 0 Å². The molecule has 0 bridgehead atoms. The Labute approximate surface area is 111 Å². The van der Waals surface area contributed by atoms with E-state index in [0.29, 0.717) is 5.69 Å². The van der Waals surface area contributed by atoms with E-state index in [9.17, 15) is 4.79 Å². The molecular formula is C14H16N4O. The molecule has 0 spiro atoms. The van der Waals surface area contributed by atoms with Crippen molar-refractivity contribution >= 4 is 17.8 Å². The van der Waals surface area contributed by atoms with Crippen molar-refractivity contribution in [3.8, 4) is 0 Å². The minimum absolute atomic E-state index is 0.433. The molecule has 0 N–H and O–H groups in total. The lowest BCUT2D eigenvalue weighted by atomic mass is 10.0. The molecule has 2 unspecified atom stereocenters. The second-order valence-electron chi connectivity index (χ2n) is 5.63. The lowest BCUT2D eigenvalue weighted by molar-refractivity contribution is 0.111. The molecule has 1 aliphatic carbocycles. The molecule has 4 rings (SSSR count). The lowest BCUT2D eigenvalue weighted by Gasteiger charge is -2.18. The van der Waals surface area contributed by atoms with Crippen molar-refractivity contribution in [1.29, 1.82) is 0 Å². The molecule has 0 amide bonds. The van der Waals surface area contributed by atoms with Gasteiger partial charge in [0.2, 0.25) is 0 Å². The predicted molar refractivity (Wildman–Crippen MR) is 71.4 cm³/mol. The Morgan fingerprint density at radius 2 is 2.05 bits per heavy atom. The highest BCUT2D eigenvalue weighted by Gasteiger charge is 2.36. The normalized spacial score (nSPS) is 26.0. The standard InChI is InChI=1S/C14H16N4O/c19-9-12-6-14-15-13(4-5-18(14)16-12)17-7-10-2-1-3-11(10)8-17/h4-6,9-11H,1-3,7-8H2. The molecule has 2 aromatic heterocycles. The van der Waals surface area contributed by atoms with Crippen LogP contribution < -0.4 is 4.90 Å². The van der Waals surface area contributed by atoms with Crippen LogP contribution in [0.5, 0.6) is 0 Å². The van der Waals surface area contributed by atoms with Crippen molar-refractivity contribution in [2.75, 3.05) is 18.0 Å². The molecule has 0 radical (unpaired) electrons. The number of anilines is 1. The van der Waals surface area contributed by atoms with Crippen LogP contribution >= 0.6 is 0 Å². The van der Waals surface area contributed by atoms with E-state index in [4.69, 9.17) is 0 Å². The van der Waals surface area contributed by atoms with E-state index in [1.807, 2.05) is 12.3 Å². The average molecular weight is 256 g/mol. The number of aromatic nitrogens is 3. The maximum absolute atomic E-state index is 10.7. The minimum atomic E-state index is 0.433. The SMILES string of the molecule is O=Cc1cc2nc(N3CC4CCCC4C3)ccn2n1. The van der Waals surface area contributed by atoms with Crippen LogP contribution in [0.3, 0.4) is 0 Å². The molecule has 0 aromatic carbocycles. The van der Waals surface area contributed by atoms with Crippen molar-refractivity contribution in [3.05, 3.63) is 24.0 Å². The van der Waals surface area contributed by atoms with Gasteiger partial charge in [0, 0.05) is 25.4 Å². The van der Waals surface area contributed by atoms with E-state index in [1.54, 1.807) is 10.6 Å². The Morgan fingerprint density at radius 1 is 1.26 bits per heavy atom. The van der Waals surface area contributed by atoms with Crippen molar-refractivity contribution < 1.29 is 4.79 Å². The summed E-state index contributed by atoms with van der Waals surface area (Å²) in [6, 6.07) is 3.73. The van der Waals surface area contributed by atoms with Gasteiger partial charge in [0.15, 0.2) is 11.9 Å². The Hall–Kier alpha value is -1.91. The zero-order valence-corrected chi connectivity index (χ0v) is 10.7. The highest BCUT2D eigenvalue weighted by Crippen LogP contribution is 2.39. The molecule has 1 saturated heterocycles. The summed E-state index contributed by atoms with van der Waals surface area (Å²) in [6.45, 7) is 2.25. The first-order chi connectivity index (χ1) is 9.33. The first kappa shape index (κ1) is 11.0. The fraction of sp³-hybridized carbons (Fsp3) is 0.500. The number of nitrogens with zero attached hydrogens (tertiary/aromatic N) is 4. The summed E-state index contributed by atoms with van der Waals surface area (Å²) in [5, 5.41) is 4.12. The van der Waals surface area contributed by atoms with Crippen LogP contribution in [0.2, 0.25) is 0 Å². The van der Waals surface area contributed by atoms with Gasteiger partial charge in [-0.2, -0.15) is 5.10 Å². The van der Waals surface area contributed by atoms with Gasteiger partial charge in [-0.3, -0.25) is 4.79 Å². The number of carbonyl (C=O) groups excluding carboxylic acids is 1. The Balaban J connectivity index is 1.66. The van der Waals surface area contributed by atoms with Gasteiger partial charge in [-0.1, -0.05) is 6.42 Å². The van der Waals surface area contributed by atoms with Crippen LogP contribution in [0, 0.1) is 11.8 Å². The van der Waals surface area contributed by atoms with E-state index < -0.39 is 0 Å². The van der Waals surface area contributed by atoms with Crippen LogP contribution in [0.4, 0.5) is 5.82 Å². The summed E-state index contributed by atoms with van der Waals surface area (Å²) < 4.78 is 1.66. The zero-order valence-electron chi connectivity index (χ0n) is 10.7. The molecule has 98 valence electrons. The van der Waals surface area contributed by atoms with E-state index in [1.165, 1.54) is 19.3 Å². The van der Waals surface area contributed by atoms with Gasteiger partial charge in [-0.25, -0.2) is 9.50 Å². The predicted octanol–water partition coefficient (Wildman–Crippen LogP) is 1.78. The fourth-order valence-corrected chi connectivity index (χ4v) is 3.54. The maximum Gasteiger partial charge on any atom is 0.170 e. The molecule has 1 aliphatic heterocycles. The molecule has 5 nitrogen and oxygen atoms in total. The summed E-state index contributed by atoms with van der Waals surface area (Å²) >= 11 is 0. The second kappa shape index (κ2) is 4.05. The molecule has 2 atom stereocenters. The minimum Gasteiger partial charge on any atom is -0.356 e. The van der Waals surface area contributed by atoms with Crippen LogP contribution in [-0.2, 0) is 0 Å². The number of aldehydes is 1. The number of hydrogen-bond acceptors (Lipinski definition) is 4. The van der Waals surface area contributed by atoms with E-state index in [-0.39, 0.29) is 0 Å². The molecular weight excluding hydrogens is 240 g/mol. The summed E-state index contributed by atoms with van der Waals surface area (Å²) in [4.78, 5) is 17.7. The number of hydrogen-bond donors (Lipinski definition) is 0. The summed E-state index contributed by atoms with van der Waals surface area (Å²) in [5.74, 6) is 2.72. The highest BCUT2D eigenvalue weighted by molar-refractivity contribution is 5.74. The Kier molecular flexibility index (Phi) is 2.33. The summed E-state index contributed by atoms with van der Waals surface area (Å²) in [6.07, 6.45) is 6.77. The molecule has 5 heteroatoms. The first-order valence-electron chi connectivity index (χ1n) is 6.90. The van der Waals surface area contributed by atoms with Crippen molar-refractivity contribution in [3.63, 3.8) is 0 Å². The lowest BCUT2D eigenvalue weighted by Crippen LogP contribution is -2.22. The Morgan fingerprint density at radius 3 is 2.79 bits per heavy atom. The van der Waals surface area contributed by atoms with Crippen LogP contribution in [0.1, 0.15) is 29.8 Å². The van der Waals surface area contributed by atoms with Gasteiger partial charge in [0.05, 0.1) is 0 Å². The molecule has 2 aromatic rings. The van der Waals surface area contributed by atoms with E-state index in [2.05, 4.69) is 15.0 Å². The maximum atomic E-state index is 10.7. The monoisotopic (exact) mass is 256 g/mol. The smallest absolute Gasteiger partial charge is 0.170 e. The number of carbonyl (C=O) groups is 1. The molecule has 2 aliphatic rings. The van der Waals surface area contributed by atoms with Crippen LogP contribution in [0.15, 0.2) is 18.3 Å². The largest absolute Gasteiger partial charge is 0.356 e. The van der Waals surface area contributed by atoms with Crippen molar-refractivity contribution in [2.24, 2.45) is 11.8 Å².